The van der Waals surface area contributed by atoms with E-state index in [1.807, 2.05) is 0 Å². The summed E-state index contributed by atoms with van der Waals surface area (Å²) >= 11 is 7.20. The van der Waals surface area contributed by atoms with Crippen LogP contribution in [0.1, 0.15) is 46.0 Å². The predicted molar refractivity (Wildman–Crippen MR) is 64.5 cm³/mol. The Labute approximate surface area is 93.8 Å². The lowest BCUT2D eigenvalue weighted by Crippen LogP contribution is -2.23. The zero-order chi connectivity index (χ0) is 9.45. The van der Waals surface area contributed by atoms with Crippen molar-refractivity contribution in [2.45, 2.75) is 46.0 Å². The highest BCUT2D eigenvalue weighted by Gasteiger charge is 2.25. The molecular formula is C10H20Br2. The van der Waals surface area contributed by atoms with Gasteiger partial charge in [0.05, 0.1) is 0 Å². The molecule has 0 spiro atoms. The summed E-state index contributed by atoms with van der Waals surface area (Å²) < 4.78 is 0. The first-order valence-electron chi connectivity index (χ1n) is 4.86. The van der Waals surface area contributed by atoms with Crippen molar-refractivity contribution in [1.29, 1.82) is 0 Å². The summed E-state index contributed by atoms with van der Waals surface area (Å²) in [6.45, 7) is 4.56. The highest BCUT2D eigenvalue weighted by Crippen LogP contribution is 2.36. The lowest BCUT2D eigenvalue weighted by atomic mass is 9.79. The molecular weight excluding hydrogens is 280 g/mol. The van der Waals surface area contributed by atoms with Crippen LogP contribution in [0.4, 0.5) is 0 Å². The molecule has 0 aliphatic rings. The summed E-state index contributed by atoms with van der Waals surface area (Å²) in [5.41, 5.74) is 0.562. The van der Waals surface area contributed by atoms with Crippen LogP contribution in [-0.2, 0) is 0 Å². The maximum absolute atomic E-state index is 3.66. The molecule has 0 aromatic carbocycles. The van der Waals surface area contributed by atoms with Gasteiger partial charge in [0.2, 0.25) is 0 Å². The molecule has 0 rings (SSSR count). The molecule has 74 valence electrons. The second kappa shape index (κ2) is 7.37. The third-order valence-electron chi connectivity index (χ3n) is 2.47. The molecule has 0 amide bonds. The number of hydrogen-bond acceptors (Lipinski definition) is 0. The Balaban J connectivity index is 4.06. The monoisotopic (exact) mass is 298 g/mol. The van der Waals surface area contributed by atoms with E-state index in [4.69, 9.17) is 0 Å². The van der Waals surface area contributed by atoms with Crippen LogP contribution in [0.5, 0.6) is 0 Å². The van der Waals surface area contributed by atoms with Crippen molar-refractivity contribution in [2.24, 2.45) is 5.41 Å². The number of hydrogen-bond donors (Lipinski definition) is 0. The first kappa shape index (κ1) is 13.0. The smallest absolute Gasteiger partial charge is 0.00882 e. The van der Waals surface area contributed by atoms with E-state index in [2.05, 4.69) is 45.7 Å². The fourth-order valence-electron chi connectivity index (χ4n) is 1.84. The summed E-state index contributed by atoms with van der Waals surface area (Å²) in [4.78, 5) is 0. The van der Waals surface area contributed by atoms with Crippen LogP contribution in [0.25, 0.3) is 0 Å². The van der Waals surface area contributed by atoms with Gasteiger partial charge in [-0.05, 0) is 24.7 Å². The zero-order valence-electron chi connectivity index (χ0n) is 8.21. The SMILES string of the molecule is CCCC(CBr)(CCC)CCBr. The van der Waals surface area contributed by atoms with E-state index < -0.39 is 0 Å². The normalized spacial score (nSPS) is 12.0. The molecule has 0 aromatic heterocycles. The Morgan fingerprint density at radius 3 is 1.67 bits per heavy atom. The van der Waals surface area contributed by atoms with Gasteiger partial charge in [-0.25, -0.2) is 0 Å². The highest BCUT2D eigenvalue weighted by atomic mass is 79.9. The van der Waals surface area contributed by atoms with Gasteiger partial charge < -0.3 is 0 Å². The third-order valence-corrected chi connectivity index (χ3v) is 4.05. The molecule has 0 heterocycles. The molecule has 0 nitrogen and oxygen atoms in total. The Kier molecular flexibility index (Phi) is 7.96. The Bertz CT molecular complexity index is 85.0. The van der Waals surface area contributed by atoms with Gasteiger partial charge in [-0.1, -0.05) is 58.5 Å². The number of rotatable bonds is 7. The quantitative estimate of drug-likeness (QED) is 0.595. The van der Waals surface area contributed by atoms with E-state index in [9.17, 15) is 0 Å². The Morgan fingerprint density at radius 1 is 0.917 bits per heavy atom. The van der Waals surface area contributed by atoms with Crippen molar-refractivity contribution < 1.29 is 0 Å². The first-order chi connectivity index (χ1) is 5.74. The van der Waals surface area contributed by atoms with Gasteiger partial charge in [-0.15, -0.1) is 0 Å². The first-order valence-corrected chi connectivity index (χ1v) is 7.11. The zero-order valence-corrected chi connectivity index (χ0v) is 11.4. The number of alkyl halides is 2. The van der Waals surface area contributed by atoms with E-state index >= 15 is 0 Å². The minimum Gasteiger partial charge on any atom is -0.0928 e. The van der Waals surface area contributed by atoms with Crippen molar-refractivity contribution in [3.05, 3.63) is 0 Å². The maximum atomic E-state index is 3.66. The molecule has 2 heteroatoms. The summed E-state index contributed by atoms with van der Waals surface area (Å²) in [6.07, 6.45) is 6.63. The van der Waals surface area contributed by atoms with Gasteiger partial charge in [0.1, 0.15) is 0 Å². The summed E-state index contributed by atoms with van der Waals surface area (Å²) in [7, 11) is 0. The average molecular weight is 300 g/mol. The van der Waals surface area contributed by atoms with Crippen LogP contribution in [0, 0.1) is 5.41 Å². The van der Waals surface area contributed by atoms with Gasteiger partial charge in [-0.3, -0.25) is 0 Å². The lowest BCUT2D eigenvalue weighted by molar-refractivity contribution is 0.268. The predicted octanol–water partition coefficient (Wildman–Crippen LogP) is 4.75. The fraction of sp³-hybridized carbons (Fsp3) is 1.00. The average Bonchev–Trinajstić information content (AvgIpc) is 2.06. The van der Waals surface area contributed by atoms with E-state index in [0.717, 1.165) is 10.7 Å². The molecule has 0 fully saturated rings. The molecule has 0 aliphatic heterocycles. The molecule has 12 heavy (non-hydrogen) atoms. The fourth-order valence-corrected chi connectivity index (χ4v) is 3.52. The maximum Gasteiger partial charge on any atom is 0.00882 e. The molecule has 0 N–H and O–H groups in total. The van der Waals surface area contributed by atoms with E-state index in [0.29, 0.717) is 5.41 Å². The van der Waals surface area contributed by atoms with Gasteiger partial charge >= 0.3 is 0 Å². The number of halogens is 2. The van der Waals surface area contributed by atoms with E-state index in [1.54, 1.807) is 0 Å². The second-order valence-electron chi connectivity index (χ2n) is 3.57. The van der Waals surface area contributed by atoms with Crippen molar-refractivity contribution in [3.8, 4) is 0 Å². The van der Waals surface area contributed by atoms with Crippen LogP contribution in [-0.4, -0.2) is 10.7 Å². The third kappa shape index (κ3) is 4.27. The Hall–Kier alpha value is 0.960. The van der Waals surface area contributed by atoms with Crippen molar-refractivity contribution >= 4 is 31.9 Å². The van der Waals surface area contributed by atoms with E-state index in [1.165, 1.54) is 32.1 Å². The molecule has 0 unspecified atom stereocenters. The molecule has 0 radical (unpaired) electrons. The standard InChI is InChI=1S/C10H20Br2/c1-3-5-10(9-12,6-4-2)7-8-11/h3-9H2,1-2H3. The van der Waals surface area contributed by atoms with Crippen molar-refractivity contribution in [1.82, 2.24) is 0 Å². The minimum absolute atomic E-state index is 0.562. The van der Waals surface area contributed by atoms with Crippen LogP contribution in [0.2, 0.25) is 0 Å². The highest BCUT2D eigenvalue weighted by molar-refractivity contribution is 9.09. The van der Waals surface area contributed by atoms with Crippen LogP contribution in [0.3, 0.4) is 0 Å². The van der Waals surface area contributed by atoms with Crippen molar-refractivity contribution in [2.75, 3.05) is 10.7 Å². The summed E-state index contributed by atoms with van der Waals surface area (Å²) in [5, 5.41) is 2.30. The molecule has 0 atom stereocenters. The molecule has 0 saturated heterocycles. The molecule has 0 aromatic rings. The van der Waals surface area contributed by atoms with E-state index in [-0.39, 0.29) is 0 Å². The molecule has 0 bridgehead atoms. The Morgan fingerprint density at radius 2 is 1.42 bits per heavy atom. The molecule has 0 saturated carbocycles. The summed E-state index contributed by atoms with van der Waals surface area (Å²) in [5.74, 6) is 0. The van der Waals surface area contributed by atoms with Crippen LogP contribution >= 0.6 is 31.9 Å². The second-order valence-corrected chi connectivity index (χ2v) is 4.93. The minimum atomic E-state index is 0.562. The van der Waals surface area contributed by atoms with Gasteiger partial charge in [0.15, 0.2) is 0 Å². The van der Waals surface area contributed by atoms with Crippen LogP contribution < -0.4 is 0 Å². The van der Waals surface area contributed by atoms with Crippen molar-refractivity contribution in [3.63, 3.8) is 0 Å². The van der Waals surface area contributed by atoms with Gasteiger partial charge in [0.25, 0.3) is 0 Å². The largest absolute Gasteiger partial charge is 0.0928 e. The van der Waals surface area contributed by atoms with Gasteiger partial charge in [-0.2, -0.15) is 0 Å². The van der Waals surface area contributed by atoms with Gasteiger partial charge in [0, 0.05) is 10.7 Å². The van der Waals surface area contributed by atoms with Crippen LogP contribution in [0.15, 0.2) is 0 Å². The summed E-state index contributed by atoms with van der Waals surface area (Å²) in [6, 6.07) is 0. The molecule has 0 aliphatic carbocycles. The topological polar surface area (TPSA) is 0 Å². The lowest BCUT2D eigenvalue weighted by Gasteiger charge is -2.31.